The van der Waals surface area contributed by atoms with Crippen molar-refractivity contribution in [1.82, 2.24) is 0 Å². The molecule has 0 fully saturated rings. The quantitative estimate of drug-likeness (QED) is 0.753. The minimum atomic E-state index is -1.18. The van der Waals surface area contributed by atoms with Crippen LogP contribution in [0.3, 0.4) is 0 Å². The summed E-state index contributed by atoms with van der Waals surface area (Å²) in [7, 11) is 0. The molecule has 4 N–H and O–H groups in total. The van der Waals surface area contributed by atoms with E-state index in [2.05, 4.69) is 0 Å². The van der Waals surface area contributed by atoms with E-state index < -0.39 is 23.9 Å². The topological polar surface area (TPSA) is 101 Å². The third-order valence-corrected chi connectivity index (χ3v) is 3.55. The molecule has 0 amide bonds. The van der Waals surface area contributed by atoms with Crippen LogP contribution in [0.2, 0.25) is 0 Å². The van der Waals surface area contributed by atoms with Gasteiger partial charge in [-0.05, 0) is 29.2 Å². The largest absolute Gasteiger partial charge is 0.481 e. The predicted octanol–water partition coefficient (Wildman–Crippen LogP) is 1.89. The molecule has 2 atom stereocenters. The maximum atomic E-state index is 11.3. The number of fused-ring (bicyclic) bond motifs is 1. The van der Waals surface area contributed by atoms with Crippen LogP contribution in [0.1, 0.15) is 12.0 Å². The summed E-state index contributed by atoms with van der Waals surface area (Å²) in [6.45, 7) is 0. The lowest BCUT2D eigenvalue weighted by Gasteiger charge is -2.16. The number of nitrogens with two attached hydrogens (primary N) is 1. The van der Waals surface area contributed by atoms with E-state index in [4.69, 9.17) is 10.8 Å². The second kappa shape index (κ2) is 6.37. The predicted molar refractivity (Wildman–Crippen MR) is 79.0 cm³/mol. The number of carbonyl (C=O) groups is 2. The number of carboxylic acid groups (broad SMARTS) is 2. The second-order valence-electron chi connectivity index (χ2n) is 5.06. The van der Waals surface area contributed by atoms with Crippen LogP contribution in [0.15, 0.2) is 42.5 Å². The molecule has 21 heavy (non-hydrogen) atoms. The van der Waals surface area contributed by atoms with Crippen molar-refractivity contribution in [3.63, 3.8) is 0 Å². The Balaban J connectivity index is 2.27. The van der Waals surface area contributed by atoms with Crippen molar-refractivity contribution in [2.24, 2.45) is 11.7 Å². The highest BCUT2D eigenvalue weighted by Gasteiger charge is 2.25. The van der Waals surface area contributed by atoms with Crippen molar-refractivity contribution in [1.29, 1.82) is 0 Å². The highest BCUT2D eigenvalue weighted by atomic mass is 16.4. The van der Waals surface area contributed by atoms with Crippen molar-refractivity contribution in [3.05, 3.63) is 48.0 Å². The summed E-state index contributed by atoms with van der Waals surface area (Å²) in [6, 6.07) is 12.2. The standard InChI is InChI=1S/C16H17NO4/c17-14(16(20)21)9-12(15(18)19)8-11-6-3-5-10-4-1-2-7-13(10)11/h1-7,12,14H,8-9,17H2,(H,18,19)(H,20,21)/t12-,14+/m0/s1. The summed E-state index contributed by atoms with van der Waals surface area (Å²) in [5, 5.41) is 20.1. The van der Waals surface area contributed by atoms with E-state index in [0.717, 1.165) is 16.3 Å². The summed E-state index contributed by atoms with van der Waals surface area (Å²) in [5.74, 6) is -3.03. The van der Waals surface area contributed by atoms with Crippen LogP contribution in [-0.2, 0) is 16.0 Å². The molecule has 0 unspecified atom stereocenters. The molecule has 5 nitrogen and oxygen atoms in total. The van der Waals surface area contributed by atoms with Crippen molar-refractivity contribution in [3.8, 4) is 0 Å². The van der Waals surface area contributed by atoms with E-state index in [9.17, 15) is 14.7 Å². The van der Waals surface area contributed by atoms with Gasteiger partial charge >= 0.3 is 11.9 Å². The number of rotatable bonds is 6. The molecule has 2 aromatic carbocycles. The van der Waals surface area contributed by atoms with Gasteiger partial charge in [0.2, 0.25) is 0 Å². The first-order chi connectivity index (χ1) is 9.99. The van der Waals surface area contributed by atoms with Crippen LogP contribution in [0.25, 0.3) is 10.8 Å². The Kier molecular flexibility index (Phi) is 4.55. The number of carboxylic acids is 2. The minimum absolute atomic E-state index is 0.0894. The van der Waals surface area contributed by atoms with Crippen LogP contribution >= 0.6 is 0 Å². The molecular formula is C16H17NO4. The summed E-state index contributed by atoms with van der Waals surface area (Å²) >= 11 is 0. The third-order valence-electron chi connectivity index (χ3n) is 3.55. The molecule has 2 rings (SSSR count). The Morgan fingerprint density at radius 3 is 2.33 bits per heavy atom. The van der Waals surface area contributed by atoms with Crippen LogP contribution in [0.4, 0.5) is 0 Å². The van der Waals surface area contributed by atoms with E-state index in [1.807, 2.05) is 42.5 Å². The van der Waals surface area contributed by atoms with E-state index in [1.54, 1.807) is 0 Å². The maximum Gasteiger partial charge on any atom is 0.320 e. The maximum absolute atomic E-state index is 11.3. The summed E-state index contributed by atoms with van der Waals surface area (Å²) in [6.07, 6.45) is 0.172. The second-order valence-corrected chi connectivity index (χ2v) is 5.06. The Bertz CT molecular complexity index is 663. The molecule has 0 saturated heterocycles. The van der Waals surface area contributed by atoms with Crippen molar-refractivity contribution in [2.45, 2.75) is 18.9 Å². The Hall–Kier alpha value is -2.40. The lowest BCUT2D eigenvalue weighted by Crippen LogP contribution is -2.35. The molecule has 0 aromatic heterocycles. The zero-order valence-corrected chi connectivity index (χ0v) is 11.4. The third kappa shape index (κ3) is 3.58. The lowest BCUT2D eigenvalue weighted by molar-refractivity contribution is -0.143. The zero-order chi connectivity index (χ0) is 15.4. The smallest absolute Gasteiger partial charge is 0.320 e. The van der Waals surface area contributed by atoms with Crippen LogP contribution in [0, 0.1) is 5.92 Å². The van der Waals surface area contributed by atoms with Gasteiger partial charge in [0.1, 0.15) is 6.04 Å². The minimum Gasteiger partial charge on any atom is -0.481 e. The van der Waals surface area contributed by atoms with Gasteiger partial charge in [0.15, 0.2) is 0 Å². The van der Waals surface area contributed by atoms with Gasteiger partial charge in [0.25, 0.3) is 0 Å². The summed E-state index contributed by atoms with van der Waals surface area (Å²) in [5.41, 5.74) is 6.35. The molecule has 0 heterocycles. The number of benzene rings is 2. The SMILES string of the molecule is N[C@H](C[C@H](Cc1cccc2ccccc12)C(=O)O)C(=O)O. The molecule has 0 spiro atoms. The molecule has 0 radical (unpaired) electrons. The Labute approximate surface area is 122 Å². The number of aliphatic carboxylic acids is 2. The molecule has 0 aliphatic rings. The number of hydrogen-bond donors (Lipinski definition) is 3. The fraction of sp³-hybridized carbons (Fsp3) is 0.250. The van der Waals surface area contributed by atoms with E-state index in [0.29, 0.717) is 0 Å². The van der Waals surface area contributed by atoms with E-state index in [-0.39, 0.29) is 12.8 Å². The molecule has 5 heteroatoms. The van der Waals surface area contributed by atoms with E-state index in [1.165, 1.54) is 0 Å². The molecular weight excluding hydrogens is 270 g/mol. The van der Waals surface area contributed by atoms with Crippen molar-refractivity contribution in [2.75, 3.05) is 0 Å². The van der Waals surface area contributed by atoms with Gasteiger partial charge in [-0.15, -0.1) is 0 Å². The van der Waals surface area contributed by atoms with Crippen LogP contribution in [0.5, 0.6) is 0 Å². The fourth-order valence-corrected chi connectivity index (χ4v) is 2.41. The van der Waals surface area contributed by atoms with Crippen molar-refractivity contribution >= 4 is 22.7 Å². The first-order valence-corrected chi connectivity index (χ1v) is 6.67. The average Bonchev–Trinajstić information content (AvgIpc) is 2.46. The highest BCUT2D eigenvalue weighted by Crippen LogP contribution is 2.23. The molecule has 0 aliphatic heterocycles. The first-order valence-electron chi connectivity index (χ1n) is 6.67. The summed E-state index contributed by atoms with van der Waals surface area (Å²) < 4.78 is 0. The molecule has 0 saturated carbocycles. The summed E-state index contributed by atoms with van der Waals surface area (Å²) in [4.78, 5) is 22.2. The molecule has 110 valence electrons. The van der Waals surface area contributed by atoms with Crippen LogP contribution < -0.4 is 5.73 Å². The van der Waals surface area contributed by atoms with Gasteiger partial charge in [-0.25, -0.2) is 0 Å². The van der Waals surface area contributed by atoms with Gasteiger partial charge in [0.05, 0.1) is 5.92 Å². The molecule has 0 bridgehead atoms. The molecule has 0 aliphatic carbocycles. The number of hydrogen-bond acceptors (Lipinski definition) is 3. The van der Waals surface area contributed by atoms with Gasteiger partial charge < -0.3 is 15.9 Å². The van der Waals surface area contributed by atoms with Gasteiger partial charge in [0, 0.05) is 0 Å². The Morgan fingerprint density at radius 2 is 1.67 bits per heavy atom. The van der Waals surface area contributed by atoms with Crippen LogP contribution in [-0.4, -0.2) is 28.2 Å². The molecule has 2 aromatic rings. The zero-order valence-electron chi connectivity index (χ0n) is 11.4. The van der Waals surface area contributed by atoms with Crippen molar-refractivity contribution < 1.29 is 19.8 Å². The lowest BCUT2D eigenvalue weighted by atomic mass is 9.90. The highest BCUT2D eigenvalue weighted by molar-refractivity contribution is 5.86. The Morgan fingerprint density at radius 1 is 1.00 bits per heavy atom. The monoisotopic (exact) mass is 287 g/mol. The normalized spacial score (nSPS) is 13.8. The van der Waals surface area contributed by atoms with Gasteiger partial charge in [-0.1, -0.05) is 42.5 Å². The van der Waals surface area contributed by atoms with E-state index >= 15 is 0 Å². The fourth-order valence-electron chi connectivity index (χ4n) is 2.41. The average molecular weight is 287 g/mol. The van der Waals surface area contributed by atoms with Gasteiger partial charge in [-0.2, -0.15) is 0 Å². The first kappa shape index (κ1) is 15.0. The van der Waals surface area contributed by atoms with Gasteiger partial charge in [-0.3, -0.25) is 9.59 Å².